The normalized spacial score (nSPS) is 37.0. The van der Waals surface area contributed by atoms with E-state index in [0.717, 1.165) is 31.5 Å². The number of ether oxygens (including phenoxy) is 1. The zero-order chi connectivity index (χ0) is 10.5. The average molecular weight is 212 g/mol. The molecule has 0 aromatic heterocycles. The van der Waals surface area contributed by atoms with Gasteiger partial charge in [-0.3, -0.25) is 0 Å². The Hall–Kier alpha value is -0.120. The summed E-state index contributed by atoms with van der Waals surface area (Å²) in [6, 6.07) is 0. The van der Waals surface area contributed by atoms with Gasteiger partial charge in [-0.2, -0.15) is 0 Å². The SMILES string of the molecule is CC1CNCC1CNCC1CCCCO1. The first-order chi connectivity index (χ1) is 7.36. The van der Waals surface area contributed by atoms with E-state index < -0.39 is 0 Å². The molecule has 3 heteroatoms. The Bertz CT molecular complexity index is 180. The topological polar surface area (TPSA) is 33.3 Å². The minimum absolute atomic E-state index is 0.475. The molecule has 0 aromatic rings. The molecule has 3 atom stereocenters. The molecule has 0 radical (unpaired) electrons. The lowest BCUT2D eigenvalue weighted by Gasteiger charge is -2.24. The Morgan fingerprint density at radius 1 is 1.27 bits per heavy atom. The third-order valence-electron chi connectivity index (χ3n) is 3.73. The number of hydrogen-bond donors (Lipinski definition) is 2. The van der Waals surface area contributed by atoms with Gasteiger partial charge in [-0.1, -0.05) is 6.92 Å². The van der Waals surface area contributed by atoms with Crippen LogP contribution in [0.3, 0.4) is 0 Å². The van der Waals surface area contributed by atoms with E-state index in [0.29, 0.717) is 6.10 Å². The van der Waals surface area contributed by atoms with Crippen molar-refractivity contribution in [2.75, 3.05) is 32.8 Å². The predicted molar refractivity (Wildman–Crippen MR) is 62.0 cm³/mol. The molecule has 0 aliphatic carbocycles. The molecule has 2 saturated heterocycles. The standard InChI is InChI=1S/C12H24N2O/c1-10-6-13-7-11(10)8-14-9-12-4-2-3-5-15-12/h10-14H,2-9H2,1H3. The number of nitrogens with one attached hydrogen (secondary N) is 2. The van der Waals surface area contributed by atoms with Crippen molar-refractivity contribution in [3.63, 3.8) is 0 Å². The molecule has 2 aliphatic rings. The van der Waals surface area contributed by atoms with Crippen molar-refractivity contribution in [1.82, 2.24) is 10.6 Å². The van der Waals surface area contributed by atoms with E-state index in [-0.39, 0.29) is 0 Å². The molecule has 2 aliphatic heterocycles. The maximum atomic E-state index is 5.69. The number of hydrogen-bond acceptors (Lipinski definition) is 3. The summed E-state index contributed by atoms with van der Waals surface area (Å²) in [5.41, 5.74) is 0. The number of rotatable bonds is 4. The van der Waals surface area contributed by atoms with Crippen molar-refractivity contribution in [3.8, 4) is 0 Å². The fraction of sp³-hybridized carbons (Fsp3) is 1.00. The first-order valence-corrected chi connectivity index (χ1v) is 6.39. The van der Waals surface area contributed by atoms with E-state index in [9.17, 15) is 0 Å². The van der Waals surface area contributed by atoms with Crippen molar-refractivity contribution in [3.05, 3.63) is 0 Å². The molecule has 0 spiro atoms. The fourth-order valence-corrected chi connectivity index (χ4v) is 2.54. The van der Waals surface area contributed by atoms with Crippen LogP contribution < -0.4 is 10.6 Å². The molecule has 2 rings (SSSR count). The molecule has 3 unspecified atom stereocenters. The van der Waals surface area contributed by atoms with E-state index in [1.54, 1.807) is 0 Å². The molecule has 2 fully saturated rings. The van der Waals surface area contributed by atoms with Crippen LogP contribution in [0, 0.1) is 11.8 Å². The zero-order valence-electron chi connectivity index (χ0n) is 9.80. The molecule has 0 amide bonds. The Morgan fingerprint density at radius 2 is 2.20 bits per heavy atom. The second-order valence-corrected chi connectivity index (χ2v) is 5.04. The summed E-state index contributed by atoms with van der Waals surface area (Å²) in [4.78, 5) is 0. The first kappa shape index (κ1) is 11.4. The van der Waals surface area contributed by atoms with Gasteiger partial charge in [-0.15, -0.1) is 0 Å². The Balaban J connectivity index is 1.57. The maximum Gasteiger partial charge on any atom is 0.0699 e. The lowest BCUT2D eigenvalue weighted by Crippen LogP contribution is -2.35. The largest absolute Gasteiger partial charge is 0.377 e. The first-order valence-electron chi connectivity index (χ1n) is 6.39. The highest BCUT2D eigenvalue weighted by Gasteiger charge is 2.22. The van der Waals surface area contributed by atoms with Gasteiger partial charge in [0.1, 0.15) is 0 Å². The maximum absolute atomic E-state index is 5.69. The van der Waals surface area contributed by atoms with Crippen molar-refractivity contribution in [2.24, 2.45) is 11.8 Å². The van der Waals surface area contributed by atoms with Crippen molar-refractivity contribution < 1.29 is 4.74 Å². The lowest BCUT2D eigenvalue weighted by molar-refractivity contribution is 0.0164. The van der Waals surface area contributed by atoms with Crippen LogP contribution >= 0.6 is 0 Å². The van der Waals surface area contributed by atoms with Crippen molar-refractivity contribution in [1.29, 1.82) is 0 Å². The highest BCUT2D eigenvalue weighted by molar-refractivity contribution is 4.80. The molecule has 0 bridgehead atoms. The summed E-state index contributed by atoms with van der Waals surface area (Å²) in [6.45, 7) is 7.86. The molecular formula is C12H24N2O. The molecule has 88 valence electrons. The molecule has 3 nitrogen and oxygen atoms in total. The highest BCUT2D eigenvalue weighted by atomic mass is 16.5. The van der Waals surface area contributed by atoms with Gasteiger partial charge in [0.2, 0.25) is 0 Å². The summed E-state index contributed by atoms with van der Waals surface area (Å²) >= 11 is 0. The lowest BCUT2D eigenvalue weighted by atomic mass is 9.98. The zero-order valence-corrected chi connectivity index (χ0v) is 9.80. The van der Waals surface area contributed by atoms with Gasteiger partial charge in [0.25, 0.3) is 0 Å². The summed E-state index contributed by atoms with van der Waals surface area (Å²) in [5, 5.41) is 7.00. The third kappa shape index (κ3) is 3.44. The van der Waals surface area contributed by atoms with Crippen LogP contribution in [0.25, 0.3) is 0 Å². The van der Waals surface area contributed by atoms with Crippen LogP contribution in [0.15, 0.2) is 0 Å². The van der Waals surface area contributed by atoms with E-state index in [1.165, 1.54) is 32.4 Å². The van der Waals surface area contributed by atoms with Crippen LogP contribution in [0.4, 0.5) is 0 Å². The summed E-state index contributed by atoms with van der Waals surface area (Å²) < 4.78 is 5.69. The predicted octanol–water partition coefficient (Wildman–Crippen LogP) is 1.00. The monoisotopic (exact) mass is 212 g/mol. The second-order valence-electron chi connectivity index (χ2n) is 5.04. The van der Waals surface area contributed by atoms with E-state index in [2.05, 4.69) is 17.6 Å². The van der Waals surface area contributed by atoms with E-state index in [4.69, 9.17) is 4.74 Å². The van der Waals surface area contributed by atoms with Gasteiger partial charge in [-0.05, 0) is 50.7 Å². The molecule has 0 saturated carbocycles. The Kier molecular flexibility index (Phi) is 4.42. The van der Waals surface area contributed by atoms with E-state index >= 15 is 0 Å². The average Bonchev–Trinajstić information content (AvgIpc) is 2.66. The Morgan fingerprint density at radius 3 is 2.87 bits per heavy atom. The minimum Gasteiger partial charge on any atom is -0.377 e. The molecule has 0 aromatic carbocycles. The second kappa shape index (κ2) is 5.83. The highest BCUT2D eigenvalue weighted by Crippen LogP contribution is 2.15. The molecule has 15 heavy (non-hydrogen) atoms. The fourth-order valence-electron chi connectivity index (χ4n) is 2.54. The summed E-state index contributed by atoms with van der Waals surface area (Å²) in [6.07, 6.45) is 4.31. The Labute approximate surface area is 93.0 Å². The van der Waals surface area contributed by atoms with Crippen LogP contribution in [-0.2, 0) is 4.74 Å². The quantitative estimate of drug-likeness (QED) is 0.729. The van der Waals surface area contributed by atoms with Gasteiger partial charge in [0.05, 0.1) is 6.10 Å². The van der Waals surface area contributed by atoms with Gasteiger partial charge >= 0.3 is 0 Å². The van der Waals surface area contributed by atoms with Gasteiger partial charge in [-0.25, -0.2) is 0 Å². The van der Waals surface area contributed by atoms with Crippen molar-refractivity contribution >= 4 is 0 Å². The van der Waals surface area contributed by atoms with Crippen molar-refractivity contribution in [2.45, 2.75) is 32.3 Å². The van der Waals surface area contributed by atoms with E-state index in [1.807, 2.05) is 0 Å². The molecule has 2 N–H and O–H groups in total. The van der Waals surface area contributed by atoms with Gasteiger partial charge in [0.15, 0.2) is 0 Å². The van der Waals surface area contributed by atoms with Crippen LogP contribution in [0.2, 0.25) is 0 Å². The van der Waals surface area contributed by atoms with Gasteiger partial charge < -0.3 is 15.4 Å². The molecular weight excluding hydrogens is 188 g/mol. The summed E-state index contributed by atoms with van der Waals surface area (Å²) in [7, 11) is 0. The van der Waals surface area contributed by atoms with Gasteiger partial charge in [0, 0.05) is 13.2 Å². The van der Waals surface area contributed by atoms with Crippen LogP contribution in [0.1, 0.15) is 26.2 Å². The molecule has 2 heterocycles. The third-order valence-corrected chi connectivity index (χ3v) is 3.73. The minimum atomic E-state index is 0.475. The van der Waals surface area contributed by atoms with Crippen LogP contribution in [0.5, 0.6) is 0 Å². The summed E-state index contributed by atoms with van der Waals surface area (Å²) in [5.74, 6) is 1.64. The smallest absolute Gasteiger partial charge is 0.0699 e. The van der Waals surface area contributed by atoms with Crippen LogP contribution in [-0.4, -0.2) is 38.9 Å².